The van der Waals surface area contributed by atoms with Gasteiger partial charge in [0, 0.05) is 19.0 Å². The van der Waals surface area contributed by atoms with Crippen LogP contribution in [-0.4, -0.2) is 28.2 Å². The Morgan fingerprint density at radius 2 is 2.00 bits per heavy atom. The second kappa shape index (κ2) is 6.33. The van der Waals surface area contributed by atoms with Crippen molar-refractivity contribution >= 4 is 5.69 Å². The van der Waals surface area contributed by atoms with E-state index < -0.39 is 0 Å². The Balaban J connectivity index is 2.22. The van der Waals surface area contributed by atoms with Crippen molar-refractivity contribution in [2.24, 2.45) is 0 Å². The molecule has 4 nitrogen and oxygen atoms in total. The lowest BCUT2D eigenvalue weighted by atomic mass is 9.94. The molecule has 106 valence electrons. The van der Waals surface area contributed by atoms with Crippen molar-refractivity contribution in [2.75, 3.05) is 11.9 Å². The van der Waals surface area contributed by atoms with Gasteiger partial charge < -0.3 is 10.0 Å². The third kappa shape index (κ3) is 3.24. The fourth-order valence-electron chi connectivity index (χ4n) is 2.78. The van der Waals surface area contributed by atoms with Gasteiger partial charge >= 0.3 is 0 Å². The number of hydrogen-bond donors (Lipinski definition) is 1. The molecule has 1 aliphatic rings. The van der Waals surface area contributed by atoms with E-state index in [2.05, 4.69) is 35.8 Å². The molecule has 19 heavy (non-hydrogen) atoms. The fraction of sp³-hybridized carbons (Fsp3) is 0.733. The monoisotopic (exact) mass is 263 g/mol. The Hall–Kier alpha value is -1.16. The van der Waals surface area contributed by atoms with Crippen LogP contribution in [0, 0.1) is 0 Å². The van der Waals surface area contributed by atoms with E-state index in [9.17, 15) is 5.11 Å². The third-order valence-corrected chi connectivity index (χ3v) is 4.03. The Labute approximate surface area is 115 Å². The Kier molecular flexibility index (Phi) is 4.75. The predicted octanol–water partition coefficient (Wildman–Crippen LogP) is 2.86. The first-order valence-electron chi connectivity index (χ1n) is 7.33. The standard InChI is InChI=1S/C15H25N3O/c1-11(2)15-16-9-14(13(10-19)17-15)18(3)12-7-5-4-6-8-12/h9,11-12,19H,4-8,10H2,1-3H3. The van der Waals surface area contributed by atoms with Crippen LogP contribution in [0.25, 0.3) is 0 Å². The molecule has 1 aliphatic carbocycles. The zero-order valence-electron chi connectivity index (χ0n) is 12.3. The lowest BCUT2D eigenvalue weighted by Crippen LogP contribution is -2.34. The van der Waals surface area contributed by atoms with Gasteiger partial charge in [-0.05, 0) is 12.8 Å². The van der Waals surface area contributed by atoms with Crippen LogP contribution in [0.5, 0.6) is 0 Å². The van der Waals surface area contributed by atoms with Crippen LogP contribution in [0.1, 0.15) is 63.4 Å². The number of aliphatic hydroxyl groups is 1. The summed E-state index contributed by atoms with van der Waals surface area (Å²) in [4.78, 5) is 11.2. The third-order valence-electron chi connectivity index (χ3n) is 4.03. The molecule has 0 atom stereocenters. The molecule has 0 unspecified atom stereocenters. The molecule has 1 N–H and O–H groups in total. The smallest absolute Gasteiger partial charge is 0.131 e. The average Bonchev–Trinajstić information content (AvgIpc) is 2.46. The van der Waals surface area contributed by atoms with Crippen LogP contribution in [-0.2, 0) is 6.61 Å². The molecule has 0 aromatic carbocycles. The van der Waals surface area contributed by atoms with Crippen molar-refractivity contribution in [2.45, 2.75) is 64.5 Å². The predicted molar refractivity (Wildman–Crippen MR) is 77.3 cm³/mol. The molecule has 4 heteroatoms. The van der Waals surface area contributed by atoms with Gasteiger partial charge in [-0.15, -0.1) is 0 Å². The van der Waals surface area contributed by atoms with Crippen LogP contribution in [0.15, 0.2) is 6.20 Å². The van der Waals surface area contributed by atoms with Crippen LogP contribution in [0.3, 0.4) is 0 Å². The van der Waals surface area contributed by atoms with Crippen molar-refractivity contribution < 1.29 is 5.11 Å². The number of aromatic nitrogens is 2. The molecule has 0 bridgehead atoms. The summed E-state index contributed by atoms with van der Waals surface area (Å²) in [5, 5.41) is 9.55. The van der Waals surface area contributed by atoms with Crippen molar-refractivity contribution in [3.63, 3.8) is 0 Å². The van der Waals surface area contributed by atoms with E-state index in [1.807, 2.05) is 6.20 Å². The second-order valence-electron chi connectivity index (χ2n) is 5.78. The molecule has 0 saturated heterocycles. The molecule has 0 aliphatic heterocycles. The Morgan fingerprint density at radius 1 is 1.32 bits per heavy atom. The molecular formula is C15H25N3O. The second-order valence-corrected chi connectivity index (χ2v) is 5.78. The molecule has 1 heterocycles. The topological polar surface area (TPSA) is 49.2 Å². The van der Waals surface area contributed by atoms with E-state index in [0.717, 1.165) is 17.2 Å². The minimum Gasteiger partial charge on any atom is -0.390 e. The summed E-state index contributed by atoms with van der Waals surface area (Å²) in [6, 6.07) is 0.563. The summed E-state index contributed by atoms with van der Waals surface area (Å²) in [6.45, 7) is 4.12. The lowest BCUT2D eigenvalue weighted by Gasteiger charge is -2.33. The van der Waals surface area contributed by atoms with Crippen molar-refractivity contribution in [1.82, 2.24) is 9.97 Å². The van der Waals surface area contributed by atoms with Gasteiger partial charge in [0.05, 0.1) is 24.2 Å². The summed E-state index contributed by atoms with van der Waals surface area (Å²) < 4.78 is 0. The van der Waals surface area contributed by atoms with Gasteiger partial charge in [-0.3, -0.25) is 0 Å². The first kappa shape index (κ1) is 14.3. The van der Waals surface area contributed by atoms with Gasteiger partial charge in [0.2, 0.25) is 0 Å². The SMILES string of the molecule is CC(C)c1ncc(N(C)C2CCCCC2)c(CO)n1. The fourth-order valence-corrected chi connectivity index (χ4v) is 2.78. The number of rotatable bonds is 4. The van der Waals surface area contributed by atoms with Crippen LogP contribution in [0.2, 0.25) is 0 Å². The molecule has 2 rings (SSSR count). The normalized spacial score (nSPS) is 16.9. The van der Waals surface area contributed by atoms with E-state index in [1.165, 1.54) is 32.1 Å². The first-order valence-corrected chi connectivity index (χ1v) is 7.33. The van der Waals surface area contributed by atoms with Crippen LogP contribution in [0.4, 0.5) is 5.69 Å². The first-order chi connectivity index (χ1) is 9.13. The van der Waals surface area contributed by atoms with E-state index >= 15 is 0 Å². The number of aliphatic hydroxyl groups excluding tert-OH is 1. The number of hydrogen-bond acceptors (Lipinski definition) is 4. The van der Waals surface area contributed by atoms with Crippen LogP contribution >= 0.6 is 0 Å². The van der Waals surface area contributed by atoms with Gasteiger partial charge in [0.15, 0.2) is 0 Å². The number of anilines is 1. The van der Waals surface area contributed by atoms with E-state index in [1.54, 1.807) is 0 Å². The highest BCUT2D eigenvalue weighted by atomic mass is 16.3. The van der Waals surface area contributed by atoms with Gasteiger partial charge in [0.1, 0.15) is 5.82 Å². The molecule has 0 amide bonds. The van der Waals surface area contributed by atoms with Gasteiger partial charge in [-0.1, -0.05) is 33.1 Å². The van der Waals surface area contributed by atoms with E-state index in [0.29, 0.717) is 12.0 Å². The van der Waals surface area contributed by atoms with E-state index in [-0.39, 0.29) is 6.61 Å². The van der Waals surface area contributed by atoms with Gasteiger partial charge in [-0.2, -0.15) is 0 Å². The summed E-state index contributed by atoms with van der Waals surface area (Å²) in [5.74, 6) is 1.10. The number of nitrogens with zero attached hydrogens (tertiary/aromatic N) is 3. The summed E-state index contributed by atoms with van der Waals surface area (Å²) in [6.07, 6.45) is 8.28. The Morgan fingerprint density at radius 3 is 2.58 bits per heavy atom. The Bertz CT molecular complexity index is 414. The maximum Gasteiger partial charge on any atom is 0.131 e. The molecular weight excluding hydrogens is 238 g/mol. The zero-order valence-corrected chi connectivity index (χ0v) is 12.3. The molecule has 1 aromatic heterocycles. The largest absolute Gasteiger partial charge is 0.390 e. The van der Waals surface area contributed by atoms with Gasteiger partial charge in [0.25, 0.3) is 0 Å². The van der Waals surface area contributed by atoms with Crippen LogP contribution < -0.4 is 4.90 Å². The lowest BCUT2D eigenvalue weighted by molar-refractivity contribution is 0.275. The minimum atomic E-state index is -0.0192. The van der Waals surface area contributed by atoms with Gasteiger partial charge in [-0.25, -0.2) is 9.97 Å². The highest BCUT2D eigenvalue weighted by Gasteiger charge is 2.21. The van der Waals surface area contributed by atoms with Crippen molar-refractivity contribution in [3.05, 3.63) is 17.7 Å². The minimum absolute atomic E-state index is 0.0192. The zero-order chi connectivity index (χ0) is 13.8. The molecule has 0 radical (unpaired) electrons. The maximum atomic E-state index is 9.55. The molecule has 0 spiro atoms. The highest BCUT2D eigenvalue weighted by Crippen LogP contribution is 2.28. The summed E-state index contributed by atoms with van der Waals surface area (Å²) in [5.41, 5.74) is 1.74. The molecule has 1 saturated carbocycles. The maximum absolute atomic E-state index is 9.55. The quantitative estimate of drug-likeness (QED) is 0.907. The van der Waals surface area contributed by atoms with Crippen molar-refractivity contribution in [1.29, 1.82) is 0 Å². The highest BCUT2D eigenvalue weighted by molar-refractivity contribution is 5.49. The summed E-state index contributed by atoms with van der Waals surface area (Å²) in [7, 11) is 2.10. The summed E-state index contributed by atoms with van der Waals surface area (Å²) >= 11 is 0. The molecule has 1 aromatic rings. The van der Waals surface area contributed by atoms with Crippen molar-refractivity contribution in [3.8, 4) is 0 Å². The molecule has 1 fully saturated rings. The average molecular weight is 263 g/mol. The van der Waals surface area contributed by atoms with E-state index in [4.69, 9.17) is 0 Å².